The van der Waals surface area contributed by atoms with Gasteiger partial charge in [0.05, 0.1) is 37.0 Å². The van der Waals surface area contributed by atoms with Crippen molar-refractivity contribution >= 4 is 23.0 Å². The Hall–Kier alpha value is -3.59. The summed E-state index contributed by atoms with van der Waals surface area (Å²) in [5, 5.41) is 12.6. The van der Waals surface area contributed by atoms with E-state index in [4.69, 9.17) is 9.47 Å². The first-order valence-electron chi connectivity index (χ1n) is 10.0. The lowest BCUT2D eigenvalue weighted by Crippen LogP contribution is -2.32. The summed E-state index contributed by atoms with van der Waals surface area (Å²) >= 11 is 1.26. The number of aromatic nitrogens is 2. The molecule has 1 atom stereocenters. The van der Waals surface area contributed by atoms with Crippen molar-refractivity contribution in [1.82, 2.24) is 14.5 Å². The van der Waals surface area contributed by atoms with Gasteiger partial charge >= 0.3 is 0 Å². The largest absolute Gasteiger partial charge is 0.503 e. The molecule has 32 heavy (non-hydrogen) atoms. The first-order valence-corrected chi connectivity index (χ1v) is 10.9. The maximum atomic E-state index is 13.3. The van der Waals surface area contributed by atoms with E-state index in [0.29, 0.717) is 41.4 Å². The summed E-state index contributed by atoms with van der Waals surface area (Å²) in [4.78, 5) is 32.4. The van der Waals surface area contributed by atoms with Crippen molar-refractivity contribution in [2.45, 2.75) is 19.0 Å². The summed E-state index contributed by atoms with van der Waals surface area (Å²) in [6.07, 6.45) is 5.85. The Kier molecular flexibility index (Phi) is 6.27. The van der Waals surface area contributed by atoms with Crippen LogP contribution in [0.4, 0.5) is 0 Å². The summed E-state index contributed by atoms with van der Waals surface area (Å²) < 4.78 is 12.8. The monoisotopic (exact) mass is 453 g/mol. The Morgan fingerprint density at radius 1 is 1.22 bits per heavy atom. The second-order valence-corrected chi connectivity index (χ2v) is 8.18. The fourth-order valence-corrected chi connectivity index (χ4v) is 4.55. The van der Waals surface area contributed by atoms with Gasteiger partial charge in [0.2, 0.25) is 5.78 Å². The molecule has 3 aromatic rings. The van der Waals surface area contributed by atoms with Gasteiger partial charge in [0.15, 0.2) is 5.76 Å². The summed E-state index contributed by atoms with van der Waals surface area (Å²) in [7, 11) is 3.06. The molecule has 0 saturated carbocycles. The molecule has 0 bridgehead atoms. The fourth-order valence-electron chi connectivity index (χ4n) is 3.88. The van der Waals surface area contributed by atoms with Crippen LogP contribution in [0.5, 0.6) is 11.5 Å². The third-order valence-corrected chi connectivity index (χ3v) is 6.27. The smallest absolute Gasteiger partial charge is 0.290 e. The predicted octanol–water partition coefficient (Wildman–Crippen LogP) is 3.63. The minimum Gasteiger partial charge on any atom is -0.503 e. The van der Waals surface area contributed by atoms with Crippen LogP contribution < -0.4 is 9.47 Å². The first-order chi connectivity index (χ1) is 15.5. The Bertz CT molecular complexity index is 1140. The highest BCUT2D eigenvalue weighted by Gasteiger charge is 2.45. The van der Waals surface area contributed by atoms with Crippen molar-refractivity contribution in [2.75, 3.05) is 20.8 Å². The summed E-state index contributed by atoms with van der Waals surface area (Å²) in [5.74, 6) is -0.431. The van der Waals surface area contributed by atoms with E-state index in [-0.39, 0.29) is 11.4 Å². The molecule has 1 aliphatic rings. The molecule has 2 aromatic heterocycles. The number of benzene rings is 1. The van der Waals surface area contributed by atoms with Crippen LogP contribution in [-0.4, -0.2) is 52.0 Å². The lowest BCUT2D eigenvalue weighted by Gasteiger charge is -2.28. The van der Waals surface area contributed by atoms with Gasteiger partial charge in [-0.3, -0.25) is 9.59 Å². The number of carbonyl (C=O) groups is 2. The molecule has 3 heterocycles. The Morgan fingerprint density at radius 2 is 2.06 bits per heavy atom. The van der Waals surface area contributed by atoms with E-state index < -0.39 is 17.7 Å². The summed E-state index contributed by atoms with van der Waals surface area (Å²) in [6.45, 7) is 0.966. The van der Waals surface area contributed by atoms with Crippen molar-refractivity contribution in [2.24, 2.45) is 0 Å². The normalized spacial score (nSPS) is 16.0. The highest BCUT2D eigenvalue weighted by Crippen LogP contribution is 2.44. The van der Waals surface area contributed by atoms with Gasteiger partial charge in [0, 0.05) is 31.0 Å². The van der Waals surface area contributed by atoms with Gasteiger partial charge in [0.1, 0.15) is 11.5 Å². The van der Waals surface area contributed by atoms with Crippen LogP contribution >= 0.6 is 11.3 Å². The number of Topliss-reactive ketones (excluding diaryl/α,β-unsaturated/α-hetero) is 1. The molecule has 1 amide bonds. The van der Waals surface area contributed by atoms with Gasteiger partial charge in [0.25, 0.3) is 5.91 Å². The van der Waals surface area contributed by atoms with E-state index in [1.54, 1.807) is 55.3 Å². The molecule has 0 unspecified atom stereocenters. The van der Waals surface area contributed by atoms with E-state index in [1.165, 1.54) is 23.3 Å². The number of amides is 1. The molecule has 1 aromatic carbocycles. The molecule has 0 saturated heterocycles. The predicted molar refractivity (Wildman–Crippen MR) is 119 cm³/mol. The van der Waals surface area contributed by atoms with Crippen LogP contribution in [0, 0.1) is 0 Å². The average molecular weight is 454 g/mol. The number of nitrogens with zero attached hydrogens (tertiary/aromatic N) is 3. The molecule has 0 fully saturated rings. The highest BCUT2D eigenvalue weighted by molar-refractivity contribution is 7.12. The van der Waals surface area contributed by atoms with Crippen LogP contribution in [0.3, 0.4) is 0 Å². The van der Waals surface area contributed by atoms with Crippen LogP contribution in [-0.2, 0) is 11.3 Å². The molecule has 1 N–H and O–H groups in total. The Balaban J connectivity index is 1.74. The second kappa shape index (κ2) is 9.27. The number of ether oxygens (including phenoxy) is 2. The third kappa shape index (κ3) is 3.99. The summed E-state index contributed by atoms with van der Waals surface area (Å²) in [6, 6.07) is 7.85. The van der Waals surface area contributed by atoms with Gasteiger partial charge in [-0.1, -0.05) is 6.07 Å². The highest BCUT2D eigenvalue weighted by atomic mass is 32.1. The SMILES string of the molecule is COc1ccc(OC)c([C@H]2C(C(=O)c3cccs3)=C(O)C(=O)N2CCCn2ccnc2)c1. The first kappa shape index (κ1) is 21.6. The van der Waals surface area contributed by atoms with Gasteiger partial charge < -0.3 is 24.0 Å². The standard InChI is InChI=1S/C23H23N3O5S/c1-30-15-6-7-17(31-2)16(13-15)20-19(21(27)18-5-3-12-32-18)22(28)23(29)26(20)10-4-9-25-11-8-24-14-25/h3,5-8,11-14,20,28H,4,9-10H2,1-2H3/t20-/m0/s1. The zero-order valence-electron chi connectivity index (χ0n) is 17.7. The van der Waals surface area contributed by atoms with E-state index in [0.717, 1.165) is 0 Å². The molecular formula is C23H23N3O5S. The molecule has 0 aliphatic carbocycles. The zero-order valence-corrected chi connectivity index (χ0v) is 18.5. The minimum atomic E-state index is -0.801. The second-order valence-electron chi connectivity index (χ2n) is 7.23. The van der Waals surface area contributed by atoms with Crippen LogP contribution in [0.2, 0.25) is 0 Å². The van der Waals surface area contributed by atoms with E-state index in [2.05, 4.69) is 4.98 Å². The minimum absolute atomic E-state index is 0.0478. The zero-order chi connectivity index (χ0) is 22.7. The fraction of sp³-hybridized carbons (Fsp3) is 0.261. The molecule has 0 spiro atoms. The third-order valence-electron chi connectivity index (χ3n) is 5.40. The Labute approximate surface area is 189 Å². The van der Waals surface area contributed by atoms with Gasteiger partial charge in [-0.05, 0) is 36.1 Å². The number of hydrogen-bond acceptors (Lipinski definition) is 7. The van der Waals surface area contributed by atoms with Crippen molar-refractivity contribution in [1.29, 1.82) is 0 Å². The lowest BCUT2D eigenvalue weighted by molar-refractivity contribution is -0.129. The number of aryl methyl sites for hydroxylation is 1. The number of carbonyl (C=O) groups excluding carboxylic acids is 2. The molecule has 0 radical (unpaired) electrons. The Morgan fingerprint density at radius 3 is 2.72 bits per heavy atom. The van der Waals surface area contributed by atoms with Gasteiger partial charge in [-0.25, -0.2) is 4.98 Å². The van der Waals surface area contributed by atoms with Gasteiger partial charge in [-0.15, -0.1) is 11.3 Å². The van der Waals surface area contributed by atoms with Crippen LogP contribution in [0.1, 0.15) is 27.7 Å². The van der Waals surface area contributed by atoms with Crippen LogP contribution in [0.25, 0.3) is 0 Å². The van der Waals surface area contributed by atoms with Crippen LogP contribution in [0.15, 0.2) is 65.8 Å². The topological polar surface area (TPSA) is 93.9 Å². The van der Waals surface area contributed by atoms with Crippen molar-refractivity contribution in [3.63, 3.8) is 0 Å². The van der Waals surface area contributed by atoms with E-state index >= 15 is 0 Å². The van der Waals surface area contributed by atoms with Gasteiger partial charge in [-0.2, -0.15) is 0 Å². The molecule has 9 heteroatoms. The number of imidazole rings is 1. The number of aliphatic hydroxyl groups excluding tert-OH is 1. The quantitative estimate of drug-likeness (QED) is 0.497. The number of thiophene rings is 1. The number of rotatable bonds is 9. The molecule has 166 valence electrons. The molecular weight excluding hydrogens is 430 g/mol. The maximum Gasteiger partial charge on any atom is 0.290 e. The van der Waals surface area contributed by atoms with Crippen molar-refractivity contribution < 1.29 is 24.2 Å². The van der Waals surface area contributed by atoms with Crippen molar-refractivity contribution in [3.05, 3.63) is 76.2 Å². The van der Waals surface area contributed by atoms with Crippen molar-refractivity contribution in [3.8, 4) is 11.5 Å². The average Bonchev–Trinajstić information content (AvgIpc) is 3.57. The number of methoxy groups -OCH3 is 2. The lowest BCUT2D eigenvalue weighted by atomic mass is 9.94. The van der Waals surface area contributed by atoms with E-state index in [1.807, 2.05) is 10.8 Å². The number of hydrogen-bond donors (Lipinski definition) is 1. The number of aliphatic hydroxyl groups is 1. The maximum absolute atomic E-state index is 13.3. The molecule has 4 rings (SSSR count). The van der Waals surface area contributed by atoms with E-state index in [9.17, 15) is 14.7 Å². The molecule has 8 nitrogen and oxygen atoms in total. The number of ketones is 1. The summed E-state index contributed by atoms with van der Waals surface area (Å²) in [5.41, 5.74) is 0.624. The molecule has 1 aliphatic heterocycles.